The first kappa shape index (κ1) is 21.2. The van der Waals surface area contributed by atoms with Crippen LogP contribution in [0.15, 0.2) is 24.3 Å². The number of para-hydroxylation sites is 2. The number of fused-ring (bicyclic) bond motifs is 1. The maximum atomic E-state index is 12.3. The van der Waals surface area contributed by atoms with Crippen molar-refractivity contribution in [2.24, 2.45) is 0 Å². The first-order valence-corrected chi connectivity index (χ1v) is 11.1. The van der Waals surface area contributed by atoms with Gasteiger partial charge in [0.05, 0.1) is 16.8 Å². The number of esters is 1. The molecule has 0 saturated heterocycles. The zero-order valence-electron chi connectivity index (χ0n) is 16.5. The summed E-state index contributed by atoms with van der Waals surface area (Å²) < 4.78 is 6.86. The summed E-state index contributed by atoms with van der Waals surface area (Å²) in [7, 11) is 0. The molecule has 0 aliphatic heterocycles. The van der Waals surface area contributed by atoms with E-state index in [1.54, 1.807) is 16.3 Å². The van der Waals surface area contributed by atoms with Crippen molar-refractivity contribution in [2.75, 3.05) is 12.9 Å². The number of hydrogen-bond donors (Lipinski definition) is 2. The van der Waals surface area contributed by atoms with E-state index in [1.165, 1.54) is 6.42 Å². The normalized spacial score (nSPS) is 14.5. The molecule has 0 bridgehead atoms. The van der Waals surface area contributed by atoms with Gasteiger partial charge in [-0.1, -0.05) is 31.4 Å². The number of amides is 3. The van der Waals surface area contributed by atoms with Crippen LogP contribution >= 0.6 is 11.8 Å². The zero-order valence-corrected chi connectivity index (χ0v) is 17.3. The number of nitrogens with one attached hydrogen (secondary N) is 2. The van der Waals surface area contributed by atoms with Gasteiger partial charge in [-0.15, -0.1) is 0 Å². The zero-order chi connectivity index (χ0) is 20.6. The first-order chi connectivity index (χ1) is 14.1. The molecule has 1 aromatic heterocycles. The molecule has 1 aliphatic rings. The highest BCUT2D eigenvalue weighted by Gasteiger charge is 2.18. The number of rotatable bonds is 7. The lowest BCUT2D eigenvalue weighted by Crippen LogP contribution is -2.46. The molecule has 156 valence electrons. The van der Waals surface area contributed by atoms with E-state index in [2.05, 4.69) is 15.6 Å². The Labute approximate surface area is 173 Å². The number of nitrogens with zero attached hydrogens (tertiary/aromatic N) is 2. The number of carbonyl (C=O) groups is 3. The van der Waals surface area contributed by atoms with Gasteiger partial charge in [-0.3, -0.25) is 14.9 Å². The van der Waals surface area contributed by atoms with E-state index in [1.807, 2.05) is 30.5 Å². The van der Waals surface area contributed by atoms with Crippen LogP contribution in [0.5, 0.6) is 0 Å². The molecule has 0 spiro atoms. The third kappa shape index (κ3) is 5.96. The lowest BCUT2D eigenvalue weighted by atomic mass is 9.96. The maximum Gasteiger partial charge on any atom is 0.326 e. The lowest BCUT2D eigenvalue weighted by molar-refractivity contribution is -0.148. The number of aromatic nitrogens is 2. The van der Waals surface area contributed by atoms with Crippen LogP contribution < -0.4 is 10.6 Å². The van der Waals surface area contributed by atoms with Crippen molar-refractivity contribution in [1.29, 1.82) is 0 Å². The highest BCUT2D eigenvalue weighted by molar-refractivity contribution is 7.97. The second kappa shape index (κ2) is 10.3. The van der Waals surface area contributed by atoms with E-state index in [0.29, 0.717) is 5.75 Å². The summed E-state index contributed by atoms with van der Waals surface area (Å²) >= 11 is 1.61. The minimum atomic E-state index is -0.647. The summed E-state index contributed by atoms with van der Waals surface area (Å²) in [5.74, 6) is 0.223. The van der Waals surface area contributed by atoms with Crippen LogP contribution in [-0.2, 0) is 26.6 Å². The van der Waals surface area contributed by atoms with Gasteiger partial charge in [0.15, 0.2) is 6.61 Å². The second-order valence-electron chi connectivity index (χ2n) is 7.05. The Morgan fingerprint density at radius 3 is 2.72 bits per heavy atom. The van der Waals surface area contributed by atoms with Gasteiger partial charge in [-0.25, -0.2) is 9.78 Å². The molecule has 3 rings (SSSR count). The van der Waals surface area contributed by atoms with Crippen LogP contribution in [0.25, 0.3) is 11.0 Å². The van der Waals surface area contributed by atoms with E-state index in [9.17, 15) is 14.4 Å². The molecule has 8 nitrogen and oxygen atoms in total. The van der Waals surface area contributed by atoms with Crippen LogP contribution in [0.1, 0.15) is 37.9 Å². The number of carbonyl (C=O) groups excluding carboxylic acids is 3. The highest BCUT2D eigenvalue weighted by Crippen LogP contribution is 2.19. The van der Waals surface area contributed by atoms with Gasteiger partial charge in [-0.05, 0) is 31.2 Å². The van der Waals surface area contributed by atoms with Gasteiger partial charge in [0.25, 0.3) is 5.91 Å². The fraction of sp³-hybridized carbons (Fsp3) is 0.500. The van der Waals surface area contributed by atoms with Gasteiger partial charge < -0.3 is 14.6 Å². The minimum Gasteiger partial charge on any atom is -0.454 e. The van der Waals surface area contributed by atoms with Crippen molar-refractivity contribution in [3.63, 3.8) is 0 Å². The van der Waals surface area contributed by atoms with E-state index < -0.39 is 24.5 Å². The average molecular weight is 419 g/mol. The number of imidazole rings is 1. The fourth-order valence-electron chi connectivity index (χ4n) is 3.49. The van der Waals surface area contributed by atoms with Crippen LogP contribution in [0.2, 0.25) is 0 Å². The molecule has 1 fully saturated rings. The summed E-state index contributed by atoms with van der Waals surface area (Å²) in [6.45, 7) is -0.542. The molecule has 0 atom stereocenters. The Balaban J connectivity index is 1.49. The molecule has 3 amide bonds. The third-order valence-corrected chi connectivity index (χ3v) is 5.40. The Hall–Kier alpha value is -2.55. The van der Waals surface area contributed by atoms with E-state index in [-0.39, 0.29) is 12.6 Å². The lowest BCUT2D eigenvalue weighted by Gasteiger charge is -2.22. The Morgan fingerprint density at radius 1 is 1.21 bits per heavy atom. The average Bonchev–Trinajstić information content (AvgIpc) is 3.04. The van der Waals surface area contributed by atoms with Gasteiger partial charge >= 0.3 is 12.0 Å². The molecule has 1 aliphatic carbocycles. The molecule has 29 heavy (non-hydrogen) atoms. The van der Waals surface area contributed by atoms with E-state index in [4.69, 9.17) is 4.74 Å². The van der Waals surface area contributed by atoms with Gasteiger partial charge in [0.2, 0.25) is 0 Å². The maximum absolute atomic E-state index is 12.3. The van der Waals surface area contributed by atoms with Crippen LogP contribution in [0.4, 0.5) is 4.79 Å². The molecule has 0 radical (unpaired) electrons. The van der Waals surface area contributed by atoms with Crippen molar-refractivity contribution in [3.8, 4) is 0 Å². The van der Waals surface area contributed by atoms with Crippen LogP contribution in [-0.4, -0.2) is 46.4 Å². The quantitative estimate of drug-likeness (QED) is 0.670. The smallest absolute Gasteiger partial charge is 0.326 e. The summed E-state index contributed by atoms with van der Waals surface area (Å²) in [6.07, 6.45) is 7.15. The van der Waals surface area contributed by atoms with Gasteiger partial charge in [0.1, 0.15) is 12.4 Å². The molecule has 1 heterocycles. The number of thioether (sulfide) groups is 1. The van der Waals surface area contributed by atoms with Crippen molar-refractivity contribution in [3.05, 3.63) is 30.1 Å². The SMILES string of the molecule is CSCc1nc2ccccc2n1CC(=O)OCC(=O)NC(=O)NC1CCCCC1. The molecule has 9 heteroatoms. The Morgan fingerprint density at radius 2 is 1.97 bits per heavy atom. The number of ether oxygens (including phenoxy) is 1. The van der Waals surface area contributed by atoms with Gasteiger partial charge in [0, 0.05) is 6.04 Å². The molecular weight excluding hydrogens is 392 g/mol. The van der Waals surface area contributed by atoms with Crippen LogP contribution in [0, 0.1) is 0 Å². The fourth-order valence-corrected chi connectivity index (χ4v) is 3.97. The molecule has 1 saturated carbocycles. The number of benzene rings is 1. The monoisotopic (exact) mass is 418 g/mol. The predicted molar refractivity (Wildman–Crippen MR) is 111 cm³/mol. The minimum absolute atomic E-state index is 0.0437. The largest absolute Gasteiger partial charge is 0.454 e. The van der Waals surface area contributed by atoms with Gasteiger partial charge in [-0.2, -0.15) is 11.8 Å². The summed E-state index contributed by atoms with van der Waals surface area (Å²) in [4.78, 5) is 40.6. The molecular formula is C20H26N4O4S. The second-order valence-corrected chi connectivity index (χ2v) is 7.92. The number of imide groups is 1. The van der Waals surface area contributed by atoms with Crippen molar-refractivity contribution in [1.82, 2.24) is 20.2 Å². The van der Waals surface area contributed by atoms with Crippen LogP contribution in [0.3, 0.4) is 0 Å². The standard InChI is InChI=1S/C20H26N4O4S/c1-29-13-17-22-15-9-5-6-10-16(15)24(17)11-19(26)28-12-18(25)23-20(27)21-14-7-3-2-4-8-14/h5-6,9-10,14H,2-4,7-8,11-13H2,1H3,(H2,21,23,25,27). The highest BCUT2D eigenvalue weighted by atomic mass is 32.2. The van der Waals surface area contributed by atoms with Crippen molar-refractivity contribution >= 4 is 40.7 Å². The van der Waals surface area contributed by atoms with Crippen molar-refractivity contribution in [2.45, 2.75) is 50.4 Å². The summed E-state index contributed by atoms with van der Waals surface area (Å²) in [5.41, 5.74) is 1.64. The van der Waals surface area contributed by atoms with E-state index >= 15 is 0 Å². The topological polar surface area (TPSA) is 102 Å². The first-order valence-electron chi connectivity index (χ1n) is 9.76. The number of urea groups is 1. The molecule has 1 aromatic carbocycles. The molecule has 0 unspecified atom stereocenters. The van der Waals surface area contributed by atoms with Crippen molar-refractivity contribution < 1.29 is 19.1 Å². The molecule has 2 N–H and O–H groups in total. The third-order valence-electron chi connectivity index (χ3n) is 4.85. The Kier molecular flexibility index (Phi) is 7.51. The predicted octanol–water partition coefficient (Wildman–Crippen LogP) is 2.60. The summed E-state index contributed by atoms with van der Waals surface area (Å²) in [6, 6.07) is 7.11. The Bertz CT molecular complexity index is 876. The van der Waals surface area contributed by atoms with E-state index in [0.717, 1.165) is 42.5 Å². The molecule has 2 aromatic rings. The number of hydrogen-bond acceptors (Lipinski definition) is 6. The summed E-state index contributed by atoms with van der Waals surface area (Å²) in [5, 5.41) is 5.00.